The van der Waals surface area contributed by atoms with E-state index in [1.165, 1.54) is 270 Å². The molecule has 0 bridgehead atoms. The number of nitrogens with two attached hydrogens (primary N) is 1. The van der Waals surface area contributed by atoms with Crippen LogP contribution in [0.25, 0.3) is 0 Å². The van der Waals surface area contributed by atoms with Gasteiger partial charge in [-0.15, -0.1) is 0 Å². The minimum absolute atomic E-state index is 0. The third-order valence-corrected chi connectivity index (χ3v) is 18.3. The van der Waals surface area contributed by atoms with Crippen molar-refractivity contribution in [2.24, 2.45) is 5.90 Å². The summed E-state index contributed by atoms with van der Waals surface area (Å²) >= 11 is 0. The van der Waals surface area contributed by atoms with Gasteiger partial charge >= 0.3 is 0 Å². The van der Waals surface area contributed by atoms with Crippen molar-refractivity contribution < 1.29 is 24.0 Å². The van der Waals surface area contributed by atoms with Crippen molar-refractivity contribution >= 4 is 17.3 Å². The van der Waals surface area contributed by atoms with E-state index in [0.717, 1.165) is 70.8 Å². The smallest absolute Gasteiger partial charge is 0.200 e. The lowest BCUT2D eigenvalue weighted by Crippen LogP contribution is -2.31. The second-order valence-corrected chi connectivity index (χ2v) is 27.9. The number of allylic oxidation sites excluding steroid dienone is 16. The Morgan fingerprint density at radius 2 is 0.619 bits per heavy atom. The number of ketones is 3. The molecule has 2 rings (SSSR count). The van der Waals surface area contributed by atoms with E-state index in [-0.39, 0.29) is 37.0 Å². The van der Waals surface area contributed by atoms with Crippen molar-refractivity contribution in [1.82, 2.24) is 4.90 Å². The molecule has 0 aromatic heterocycles. The van der Waals surface area contributed by atoms with Crippen LogP contribution in [0, 0.1) is 0 Å². The number of hydrogen-bond acceptors (Lipinski definition) is 7. The number of hydrogen-bond donors (Lipinski definition) is 1. The molecule has 0 spiro atoms. The number of nitrogens with zero attached hydrogens (tertiary/aromatic N) is 1. The standard InChI is InChI=1S/C46H72O3.C37H69NO.C6H13NO.CH4/c1-3-5-7-9-11-13-15-17-19-21-23-25-27-29-31-33-37-41(49-46-44(47)42-39-35-36-40-43(42)45(46)48)38-34-32-30-28-26-24-22-20-18-16-14-12-10-8-6-4-2;1-3-5-7-9-11-13-15-17-19-21-23-25-27-29-31-33-35-37(39-38)36-34-32-30-28-26-24-22-20-18-16-14-12-10-8-6-4-2;1-6(8)4-5-7(2)3;/h11-14,17-20,35-36,39-41,46H,3-10,15-16,21-34,37-38H2,1-2H3;11-14,17-20,37H,3-10,15-16,21-36,38H2,1-2H3;4-5H2,1-3H3;1H4/b2*13-11-,14-12-,19-17-,20-18-;;. The van der Waals surface area contributed by atoms with Crippen LogP contribution in [0.3, 0.4) is 0 Å². The van der Waals surface area contributed by atoms with Gasteiger partial charge in [0.15, 0.2) is 17.7 Å². The largest absolute Gasteiger partial charge is 0.359 e. The summed E-state index contributed by atoms with van der Waals surface area (Å²) in [5.74, 6) is 5.54. The molecular formula is C90H158N2O5. The van der Waals surface area contributed by atoms with Gasteiger partial charge in [0.2, 0.25) is 0 Å². The summed E-state index contributed by atoms with van der Waals surface area (Å²) in [4.78, 5) is 43.7. The Balaban J connectivity index is 0. The van der Waals surface area contributed by atoms with Crippen LogP contribution in [0.5, 0.6) is 0 Å². The number of rotatable bonds is 66. The van der Waals surface area contributed by atoms with Gasteiger partial charge in [0.25, 0.3) is 0 Å². The summed E-state index contributed by atoms with van der Waals surface area (Å²) in [6, 6.07) is 7.19. The Morgan fingerprint density at radius 3 is 0.845 bits per heavy atom. The molecule has 0 fully saturated rings. The van der Waals surface area contributed by atoms with E-state index in [1.807, 2.05) is 31.1 Å². The lowest BCUT2D eigenvalue weighted by Gasteiger charge is -2.21. The van der Waals surface area contributed by atoms with Crippen molar-refractivity contribution in [3.05, 3.63) is 133 Å². The van der Waals surface area contributed by atoms with Gasteiger partial charge in [-0.3, -0.25) is 14.4 Å². The molecule has 7 heteroatoms. The predicted octanol–water partition coefficient (Wildman–Crippen LogP) is 28.0. The average Bonchev–Trinajstić information content (AvgIpc) is 1.64. The van der Waals surface area contributed by atoms with Gasteiger partial charge in [-0.2, -0.15) is 0 Å². The van der Waals surface area contributed by atoms with Crippen molar-refractivity contribution in [3.63, 3.8) is 0 Å². The molecule has 1 aliphatic carbocycles. The Labute approximate surface area is 602 Å². The molecule has 1 aliphatic rings. The monoisotopic (exact) mass is 1350 g/mol. The Morgan fingerprint density at radius 1 is 0.381 bits per heavy atom. The van der Waals surface area contributed by atoms with Crippen molar-refractivity contribution in [1.29, 1.82) is 0 Å². The Bertz CT molecular complexity index is 1980. The lowest BCUT2D eigenvalue weighted by molar-refractivity contribution is -0.117. The SMILES string of the molecule is C.CC(=O)CCN(C)C.CCCCC/C=C\C/C=C\CCCCCCCCC(CCCCCCCC/C=C\C/C=C\CCCCC)OC1C(=O)c2ccccc2C1=O.CCCCC/C=C\C/C=C\CCCCCCCCC(CCCCCCCC/C=C\C/C=C\CCCCC)ON. The first kappa shape index (κ1) is 95.0. The van der Waals surface area contributed by atoms with E-state index in [2.05, 4.69) is 125 Å². The maximum absolute atomic E-state index is 13.0. The maximum Gasteiger partial charge on any atom is 0.200 e. The number of Topliss-reactive ketones (excluding diaryl/α,β-unsaturated/α-hetero) is 3. The average molecular weight is 1350 g/mol. The molecule has 7 nitrogen and oxygen atoms in total. The Kier molecular flexibility index (Phi) is 76.2. The summed E-state index contributed by atoms with van der Waals surface area (Å²) in [5, 5.41) is 0. The van der Waals surface area contributed by atoms with E-state index < -0.39 is 6.10 Å². The van der Waals surface area contributed by atoms with E-state index in [9.17, 15) is 14.4 Å². The Hall–Kier alpha value is -4.01. The van der Waals surface area contributed by atoms with E-state index in [0.29, 0.717) is 17.5 Å². The molecule has 1 aromatic carbocycles. The molecule has 0 unspecified atom stereocenters. The molecule has 558 valence electrons. The van der Waals surface area contributed by atoms with E-state index in [1.54, 1.807) is 19.1 Å². The van der Waals surface area contributed by atoms with Crippen LogP contribution >= 0.6 is 0 Å². The zero-order valence-corrected chi connectivity index (χ0v) is 64.0. The number of fused-ring (bicyclic) bond motifs is 1. The van der Waals surface area contributed by atoms with Gasteiger partial charge in [0.1, 0.15) is 5.78 Å². The van der Waals surface area contributed by atoms with Gasteiger partial charge in [0, 0.05) is 24.1 Å². The highest BCUT2D eigenvalue weighted by Gasteiger charge is 2.40. The second-order valence-electron chi connectivity index (χ2n) is 27.9. The van der Waals surface area contributed by atoms with Gasteiger partial charge in [0.05, 0.1) is 12.2 Å². The number of ether oxygens (including phenoxy) is 1. The van der Waals surface area contributed by atoms with Crippen molar-refractivity contribution in [2.45, 2.75) is 401 Å². The molecule has 0 aliphatic heterocycles. The van der Waals surface area contributed by atoms with E-state index in [4.69, 9.17) is 15.5 Å². The topological polar surface area (TPSA) is 98.9 Å². The summed E-state index contributed by atoms with van der Waals surface area (Å²) in [6.07, 6.45) is 102. The fourth-order valence-electron chi connectivity index (χ4n) is 12.0. The fraction of sp³-hybridized carbons (Fsp3) is 0.722. The highest BCUT2D eigenvalue weighted by atomic mass is 16.6. The molecule has 0 amide bonds. The van der Waals surface area contributed by atoms with Crippen LogP contribution in [-0.4, -0.2) is 61.2 Å². The van der Waals surface area contributed by atoms with Crippen LogP contribution in [0.2, 0.25) is 0 Å². The zero-order valence-electron chi connectivity index (χ0n) is 64.0. The van der Waals surface area contributed by atoms with Crippen LogP contribution in [-0.2, 0) is 14.4 Å². The second kappa shape index (κ2) is 77.7. The summed E-state index contributed by atoms with van der Waals surface area (Å²) in [6.45, 7) is 11.5. The molecule has 0 radical (unpaired) electrons. The molecule has 97 heavy (non-hydrogen) atoms. The van der Waals surface area contributed by atoms with Crippen LogP contribution in [0.4, 0.5) is 0 Å². The van der Waals surface area contributed by atoms with Gasteiger partial charge in [-0.1, -0.05) is 336 Å². The first-order valence-corrected chi connectivity index (χ1v) is 40.7. The zero-order chi connectivity index (χ0) is 69.9. The molecule has 0 heterocycles. The number of carbonyl (C=O) groups excluding carboxylic acids is 3. The molecule has 0 atom stereocenters. The number of carbonyl (C=O) groups is 3. The molecular weight excluding hydrogens is 1190 g/mol. The highest BCUT2D eigenvalue weighted by Crippen LogP contribution is 2.28. The lowest BCUT2D eigenvalue weighted by atomic mass is 10.0. The summed E-state index contributed by atoms with van der Waals surface area (Å²) in [5.41, 5.74) is 1.05. The molecule has 0 saturated carbocycles. The maximum atomic E-state index is 13.0. The van der Waals surface area contributed by atoms with Gasteiger partial charge in [-0.25, -0.2) is 5.90 Å². The van der Waals surface area contributed by atoms with Crippen LogP contribution in [0.15, 0.2) is 121 Å². The first-order chi connectivity index (χ1) is 47.2. The highest BCUT2D eigenvalue weighted by molar-refractivity contribution is 6.28. The fourth-order valence-corrected chi connectivity index (χ4v) is 12.0. The summed E-state index contributed by atoms with van der Waals surface area (Å²) < 4.78 is 6.34. The number of unbranched alkanes of at least 4 members (excludes halogenated alkanes) is 36. The van der Waals surface area contributed by atoms with Crippen LogP contribution in [0.1, 0.15) is 403 Å². The molecule has 2 N–H and O–H groups in total. The number of benzene rings is 1. The normalized spacial score (nSPS) is 12.9. The quantitative estimate of drug-likeness (QED) is 0.0300. The third kappa shape index (κ3) is 66.3. The summed E-state index contributed by atoms with van der Waals surface area (Å²) in [7, 11) is 3.92. The minimum Gasteiger partial charge on any atom is -0.359 e. The minimum atomic E-state index is -0.948. The van der Waals surface area contributed by atoms with Crippen molar-refractivity contribution in [2.75, 3.05) is 20.6 Å². The van der Waals surface area contributed by atoms with Crippen LogP contribution < -0.4 is 5.90 Å². The first-order valence-electron chi connectivity index (χ1n) is 40.7. The third-order valence-electron chi connectivity index (χ3n) is 18.3. The van der Waals surface area contributed by atoms with Crippen molar-refractivity contribution in [3.8, 4) is 0 Å². The van der Waals surface area contributed by atoms with Gasteiger partial charge < -0.3 is 14.5 Å². The van der Waals surface area contributed by atoms with E-state index >= 15 is 0 Å². The predicted molar refractivity (Wildman–Crippen MR) is 429 cm³/mol. The van der Waals surface area contributed by atoms with Gasteiger partial charge in [-0.05, 0) is 175 Å². The molecule has 1 aromatic rings. The molecule has 0 saturated heterocycles.